The van der Waals surface area contributed by atoms with Crippen molar-refractivity contribution < 1.29 is 17.7 Å². The number of hydrogen-bond acceptors (Lipinski definition) is 6. The van der Waals surface area contributed by atoms with E-state index in [1.165, 1.54) is 54.7 Å². The first kappa shape index (κ1) is 19.9. The first-order valence-corrected chi connectivity index (χ1v) is 10.4. The molecule has 146 valence electrons. The van der Waals surface area contributed by atoms with Gasteiger partial charge in [-0.1, -0.05) is 0 Å². The number of thiazole rings is 1. The molecule has 0 fully saturated rings. The molecular weight excluding hydrogens is 405 g/mol. The summed E-state index contributed by atoms with van der Waals surface area (Å²) in [6, 6.07) is 8.66. The summed E-state index contributed by atoms with van der Waals surface area (Å²) in [4.78, 5) is 14.6. The van der Waals surface area contributed by atoms with Crippen LogP contribution in [0.15, 0.2) is 52.7 Å². The van der Waals surface area contributed by atoms with Crippen LogP contribution in [-0.4, -0.2) is 18.3 Å². The van der Waals surface area contributed by atoms with Crippen LogP contribution in [0.2, 0.25) is 0 Å². The lowest BCUT2D eigenvalue weighted by atomic mass is 10.2. The smallest absolute Gasteiger partial charge is 0.260 e. The van der Waals surface area contributed by atoms with Gasteiger partial charge in [-0.05, 0) is 49.7 Å². The van der Waals surface area contributed by atoms with Crippen molar-refractivity contribution in [2.24, 2.45) is 0 Å². The van der Waals surface area contributed by atoms with Crippen molar-refractivity contribution in [1.82, 2.24) is 4.98 Å². The molecule has 10 heteroatoms. The van der Waals surface area contributed by atoms with E-state index in [9.17, 15) is 22.9 Å². The number of rotatable bonds is 6. The predicted molar refractivity (Wildman–Crippen MR) is 104 cm³/mol. The Morgan fingerprint density at radius 3 is 2.39 bits per heavy atom. The Morgan fingerprint density at radius 2 is 1.86 bits per heavy atom. The molecule has 3 aromatic rings. The van der Waals surface area contributed by atoms with E-state index in [2.05, 4.69) is 4.98 Å². The molecule has 0 N–H and O–H groups in total. The van der Waals surface area contributed by atoms with Gasteiger partial charge in [-0.15, -0.1) is 11.3 Å². The highest BCUT2D eigenvalue weighted by Crippen LogP contribution is 2.29. The van der Waals surface area contributed by atoms with Crippen LogP contribution in [0.3, 0.4) is 0 Å². The summed E-state index contributed by atoms with van der Waals surface area (Å²) >= 11 is 1.39. The minimum absolute atomic E-state index is 0.0469. The zero-order valence-corrected chi connectivity index (χ0v) is 16.6. The number of non-ortho nitro benzene ring substituents is 1. The summed E-state index contributed by atoms with van der Waals surface area (Å²) in [5.74, 6) is -0.489. The van der Waals surface area contributed by atoms with Crippen LogP contribution in [0, 0.1) is 29.8 Å². The van der Waals surface area contributed by atoms with E-state index < -0.39 is 20.8 Å². The summed E-state index contributed by atoms with van der Waals surface area (Å²) in [6.07, 6.45) is 0. The highest BCUT2D eigenvalue weighted by molar-refractivity contribution is 7.92. The molecule has 0 spiro atoms. The molecule has 2 aromatic carbocycles. The van der Waals surface area contributed by atoms with Gasteiger partial charge in [0.05, 0.1) is 32.8 Å². The fourth-order valence-electron chi connectivity index (χ4n) is 2.71. The number of nitro benzene ring substituents is 1. The molecule has 28 heavy (non-hydrogen) atoms. The Labute approximate surface area is 165 Å². The lowest BCUT2D eigenvalue weighted by Crippen LogP contribution is -2.31. The molecule has 0 saturated heterocycles. The van der Waals surface area contributed by atoms with Crippen molar-refractivity contribution in [2.75, 3.05) is 4.31 Å². The van der Waals surface area contributed by atoms with Gasteiger partial charge in [0.25, 0.3) is 15.7 Å². The minimum Gasteiger partial charge on any atom is -0.260 e. The zero-order valence-electron chi connectivity index (χ0n) is 15.0. The van der Waals surface area contributed by atoms with Gasteiger partial charge in [0.2, 0.25) is 0 Å². The Bertz CT molecular complexity index is 1130. The molecular formula is C18H16FN3O4S2. The molecule has 0 saturated carbocycles. The summed E-state index contributed by atoms with van der Waals surface area (Å²) in [5.41, 5.74) is 0.871. The number of anilines is 1. The molecule has 3 rings (SSSR count). The van der Waals surface area contributed by atoms with Gasteiger partial charge in [0.1, 0.15) is 5.82 Å². The third-order valence-corrected chi connectivity index (χ3v) is 6.78. The molecule has 1 aromatic heterocycles. The molecule has 0 aliphatic heterocycles. The zero-order chi connectivity index (χ0) is 20.5. The number of aryl methyl sites for hydroxylation is 2. The number of aromatic nitrogens is 1. The SMILES string of the molecule is Cc1nc(CN(c2ccc(F)cc2)S(=O)(=O)c2ccc([N+](=O)[O-])cc2C)cs1. The summed E-state index contributed by atoms with van der Waals surface area (Å²) < 4.78 is 41.2. The molecule has 0 bridgehead atoms. The van der Waals surface area contributed by atoms with Gasteiger partial charge in [0.15, 0.2) is 0 Å². The summed E-state index contributed by atoms with van der Waals surface area (Å²) in [6.45, 7) is 3.26. The van der Waals surface area contributed by atoms with E-state index in [-0.39, 0.29) is 28.4 Å². The van der Waals surface area contributed by atoms with Gasteiger partial charge in [-0.2, -0.15) is 0 Å². The quantitative estimate of drug-likeness (QED) is 0.439. The third-order valence-electron chi connectivity index (χ3n) is 4.02. The maximum absolute atomic E-state index is 13.4. The second-order valence-corrected chi connectivity index (χ2v) is 8.95. The van der Waals surface area contributed by atoms with Crippen LogP contribution in [0.1, 0.15) is 16.3 Å². The van der Waals surface area contributed by atoms with E-state index in [1.54, 1.807) is 5.38 Å². The normalized spacial score (nSPS) is 11.4. The Balaban J connectivity index is 2.10. The molecule has 0 atom stereocenters. The molecule has 0 unspecified atom stereocenters. The maximum atomic E-state index is 13.4. The molecule has 0 aliphatic rings. The van der Waals surface area contributed by atoms with Crippen molar-refractivity contribution >= 4 is 32.7 Å². The second-order valence-electron chi connectivity index (χ2n) is 6.05. The number of halogens is 1. The summed E-state index contributed by atoms with van der Waals surface area (Å²) in [5, 5.41) is 13.5. The van der Waals surface area contributed by atoms with Crippen LogP contribution in [0.25, 0.3) is 0 Å². The topological polar surface area (TPSA) is 93.4 Å². The minimum atomic E-state index is -4.08. The van der Waals surface area contributed by atoms with Crippen LogP contribution in [0.5, 0.6) is 0 Å². The first-order chi connectivity index (χ1) is 13.2. The van der Waals surface area contributed by atoms with Gasteiger partial charge < -0.3 is 0 Å². The van der Waals surface area contributed by atoms with Crippen LogP contribution >= 0.6 is 11.3 Å². The number of hydrogen-bond donors (Lipinski definition) is 0. The van der Waals surface area contributed by atoms with Gasteiger partial charge in [-0.3, -0.25) is 14.4 Å². The van der Waals surface area contributed by atoms with Crippen molar-refractivity contribution in [1.29, 1.82) is 0 Å². The van der Waals surface area contributed by atoms with Gasteiger partial charge in [0, 0.05) is 17.5 Å². The van der Waals surface area contributed by atoms with Crippen molar-refractivity contribution in [2.45, 2.75) is 25.3 Å². The lowest BCUT2D eigenvalue weighted by Gasteiger charge is -2.24. The fourth-order valence-corrected chi connectivity index (χ4v) is 4.95. The first-order valence-electron chi connectivity index (χ1n) is 8.13. The third kappa shape index (κ3) is 4.02. The van der Waals surface area contributed by atoms with E-state index in [1.807, 2.05) is 6.92 Å². The number of nitro groups is 1. The Hall–Kier alpha value is -2.85. The number of sulfonamides is 1. The Morgan fingerprint density at radius 1 is 1.18 bits per heavy atom. The van der Waals surface area contributed by atoms with Gasteiger partial charge in [-0.25, -0.2) is 17.8 Å². The monoisotopic (exact) mass is 421 g/mol. The average Bonchev–Trinajstić information content (AvgIpc) is 3.05. The lowest BCUT2D eigenvalue weighted by molar-refractivity contribution is -0.385. The molecule has 0 aliphatic carbocycles. The van der Waals surface area contributed by atoms with E-state index in [0.29, 0.717) is 5.69 Å². The number of benzene rings is 2. The van der Waals surface area contributed by atoms with Crippen molar-refractivity contribution in [3.63, 3.8) is 0 Å². The largest absolute Gasteiger partial charge is 0.269 e. The van der Waals surface area contributed by atoms with E-state index in [0.717, 1.165) is 15.4 Å². The highest BCUT2D eigenvalue weighted by atomic mass is 32.2. The number of nitrogens with zero attached hydrogens (tertiary/aromatic N) is 3. The van der Waals surface area contributed by atoms with Crippen LogP contribution in [-0.2, 0) is 16.6 Å². The molecule has 0 radical (unpaired) electrons. The molecule has 7 nitrogen and oxygen atoms in total. The highest BCUT2D eigenvalue weighted by Gasteiger charge is 2.28. The van der Waals surface area contributed by atoms with Crippen molar-refractivity contribution in [3.8, 4) is 0 Å². The van der Waals surface area contributed by atoms with E-state index in [4.69, 9.17) is 0 Å². The molecule has 1 heterocycles. The standard InChI is InChI=1S/C18H16FN3O4S2/c1-12-9-17(22(23)24)7-8-18(12)28(25,26)21(10-15-11-27-13(2)20-15)16-5-3-14(19)4-6-16/h3-9,11H,10H2,1-2H3. The van der Waals surface area contributed by atoms with Gasteiger partial charge >= 0.3 is 0 Å². The summed E-state index contributed by atoms with van der Waals surface area (Å²) in [7, 11) is -4.08. The van der Waals surface area contributed by atoms with Crippen molar-refractivity contribution in [3.05, 3.63) is 80.0 Å². The van der Waals surface area contributed by atoms with Crippen LogP contribution < -0.4 is 4.31 Å². The second kappa shape index (κ2) is 7.64. The average molecular weight is 421 g/mol. The molecule has 0 amide bonds. The fraction of sp³-hybridized carbons (Fsp3) is 0.167. The predicted octanol–water partition coefficient (Wildman–Crippen LogP) is 4.20. The maximum Gasteiger partial charge on any atom is 0.269 e. The van der Waals surface area contributed by atoms with Crippen LogP contribution in [0.4, 0.5) is 15.8 Å². The van der Waals surface area contributed by atoms with E-state index >= 15 is 0 Å². The Kier molecular flexibility index (Phi) is 5.43.